The molecule has 3 nitrogen and oxygen atoms in total. The molecule has 0 fully saturated rings. The predicted octanol–water partition coefficient (Wildman–Crippen LogP) is 5.81. The Morgan fingerprint density at radius 1 is 0.769 bits per heavy atom. The lowest BCUT2D eigenvalue weighted by Gasteiger charge is -2.32. The smallest absolute Gasteiger partial charge is 0.108 e. The fourth-order valence-electron chi connectivity index (χ4n) is 3.93. The number of hydrogen-bond acceptors (Lipinski definition) is 3. The maximum Gasteiger partial charge on any atom is 0.108 e. The summed E-state index contributed by atoms with van der Waals surface area (Å²) in [7, 11) is 0. The molecule has 128 valence electrons. The predicted molar refractivity (Wildman–Crippen MR) is 107 cm³/mol. The highest BCUT2D eigenvalue weighted by Gasteiger charge is 2.35. The van der Waals surface area contributed by atoms with E-state index in [0.717, 1.165) is 5.69 Å². The summed E-state index contributed by atoms with van der Waals surface area (Å²) >= 11 is 0. The van der Waals surface area contributed by atoms with E-state index in [2.05, 4.69) is 79.1 Å². The minimum atomic E-state index is 0.139. The normalized spacial score (nSPS) is 15.7. The molecule has 3 heteroatoms. The van der Waals surface area contributed by atoms with Crippen molar-refractivity contribution in [2.24, 2.45) is 0 Å². The Kier molecular flexibility index (Phi) is 3.89. The molecule has 0 saturated heterocycles. The first-order valence-corrected chi connectivity index (χ1v) is 8.85. The number of nitriles is 1. The maximum absolute atomic E-state index is 9.08. The zero-order valence-corrected chi connectivity index (χ0v) is 15.3. The molecule has 1 aliphatic heterocycles. The largest absolute Gasteiger partial charge is 0.319 e. The molecule has 3 aromatic carbocycles. The van der Waals surface area contributed by atoms with E-state index in [9.17, 15) is 0 Å². The van der Waals surface area contributed by atoms with Crippen LogP contribution >= 0.6 is 0 Å². The third-order valence-electron chi connectivity index (χ3n) is 5.10. The van der Waals surface area contributed by atoms with Gasteiger partial charge in [0, 0.05) is 11.4 Å². The quantitative estimate of drug-likeness (QED) is 0.590. The fraction of sp³-hybridized carbons (Fsp3) is 0.174. The van der Waals surface area contributed by atoms with Crippen molar-refractivity contribution in [1.29, 1.82) is 5.26 Å². The number of rotatable bonds is 2. The Labute approximate surface area is 154 Å². The van der Waals surface area contributed by atoms with Gasteiger partial charge in [-0.05, 0) is 68.3 Å². The summed E-state index contributed by atoms with van der Waals surface area (Å²) in [6.45, 7) is 6.56. The molecular weight excluding hydrogens is 318 g/mol. The first-order chi connectivity index (χ1) is 12.6. The second-order valence-corrected chi connectivity index (χ2v) is 6.76. The zero-order valence-electron chi connectivity index (χ0n) is 15.3. The van der Waals surface area contributed by atoms with Crippen molar-refractivity contribution in [2.75, 3.05) is 9.80 Å². The van der Waals surface area contributed by atoms with E-state index in [1.807, 2.05) is 24.3 Å². The van der Waals surface area contributed by atoms with Crippen molar-refractivity contribution in [3.63, 3.8) is 0 Å². The molecule has 0 N–H and O–H groups in total. The molecule has 0 spiro atoms. The Bertz CT molecular complexity index is 978. The van der Waals surface area contributed by atoms with Gasteiger partial charge >= 0.3 is 0 Å². The fourth-order valence-corrected chi connectivity index (χ4v) is 3.93. The molecule has 0 bridgehead atoms. The van der Waals surface area contributed by atoms with Crippen LogP contribution < -0.4 is 9.80 Å². The third-order valence-corrected chi connectivity index (χ3v) is 5.10. The second kappa shape index (κ2) is 6.24. The van der Waals surface area contributed by atoms with E-state index in [1.54, 1.807) is 0 Å². The number of para-hydroxylation sites is 3. The molecule has 0 unspecified atom stereocenters. The molecule has 0 radical (unpaired) electrons. The molecule has 3 aromatic rings. The summed E-state index contributed by atoms with van der Waals surface area (Å²) in [4.78, 5) is 4.75. The highest BCUT2D eigenvalue weighted by Crippen LogP contribution is 2.48. The standard InChI is InChI=1S/C23H21N3/c1-16-7-6-8-17(2)23(16)26-18(3)25(21-9-4-5-10-22(21)26)20-13-11-19(15-24)12-14-20/h4-14,18H,1-3H3/t18-/m0/s1. The number of nitrogens with zero attached hydrogens (tertiary/aromatic N) is 3. The van der Waals surface area contributed by atoms with Gasteiger partial charge in [0.1, 0.15) is 6.17 Å². The van der Waals surface area contributed by atoms with Gasteiger partial charge in [-0.15, -0.1) is 0 Å². The number of hydrogen-bond donors (Lipinski definition) is 0. The summed E-state index contributed by atoms with van der Waals surface area (Å²) in [5.41, 5.74) is 7.98. The van der Waals surface area contributed by atoms with Crippen LogP contribution in [0.5, 0.6) is 0 Å². The SMILES string of the molecule is Cc1cccc(C)c1N1c2ccccc2N(c2ccc(C#N)cc2)[C@@H]1C. The number of aryl methyl sites for hydroxylation is 2. The van der Waals surface area contributed by atoms with Crippen LogP contribution in [-0.2, 0) is 0 Å². The molecule has 0 aliphatic carbocycles. The Morgan fingerprint density at radius 2 is 1.35 bits per heavy atom. The average Bonchev–Trinajstić information content (AvgIpc) is 2.94. The Hall–Kier alpha value is -3.25. The highest BCUT2D eigenvalue weighted by atomic mass is 15.4. The molecule has 26 heavy (non-hydrogen) atoms. The van der Waals surface area contributed by atoms with Gasteiger partial charge in [0.05, 0.1) is 23.0 Å². The average molecular weight is 339 g/mol. The summed E-state index contributed by atoms with van der Waals surface area (Å²) in [6.07, 6.45) is 0.139. The van der Waals surface area contributed by atoms with Crippen molar-refractivity contribution in [1.82, 2.24) is 0 Å². The number of benzene rings is 3. The molecule has 0 aromatic heterocycles. The lowest BCUT2D eigenvalue weighted by atomic mass is 10.1. The van der Waals surface area contributed by atoms with Crippen molar-refractivity contribution in [2.45, 2.75) is 26.9 Å². The minimum Gasteiger partial charge on any atom is -0.319 e. The molecule has 1 atom stereocenters. The van der Waals surface area contributed by atoms with E-state index < -0.39 is 0 Å². The lowest BCUT2D eigenvalue weighted by molar-refractivity contribution is 0.757. The zero-order chi connectivity index (χ0) is 18.3. The van der Waals surface area contributed by atoms with E-state index in [1.165, 1.54) is 28.2 Å². The van der Waals surface area contributed by atoms with Crippen LogP contribution in [0.4, 0.5) is 22.7 Å². The van der Waals surface area contributed by atoms with Crippen LogP contribution in [0.2, 0.25) is 0 Å². The summed E-state index contributed by atoms with van der Waals surface area (Å²) < 4.78 is 0. The van der Waals surface area contributed by atoms with Gasteiger partial charge in [-0.25, -0.2) is 0 Å². The second-order valence-electron chi connectivity index (χ2n) is 6.76. The minimum absolute atomic E-state index is 0.139. The van der Waals surface area contributed by atoms with E-state index in [0.29, 0.717) is 5.56 Å². The van der Waals surface area contributed by atoms with Crippen molar-refractivity contribution >= 4 is 22.7 Å². The highest BCUT2D eigenvalue weighted by molar-refractivity contribution is 5.89. The third kappa shape index (κ3) is 2.43. The van der Waals surface area contributed by atoms with E-state index >= 15 is 0 Å². The van der Waals surface area contributed by atoms with Crippen LogP contribution in [-0.4, -0.2) is 6.17 Å². The van der Waals surface area contributed by atoms with Gasteiger partial charge in [-0.1, -0.05) is 30.3 Å². The maximum atomic E-state index is 9.08. The van der Waals surface area contributed by atoms with Crippen molar-refractivity contribution in [3.8, 4) is 6.07 Å². The molecular formula is C23H21N3. The Morgan fingerprint density at radius 3 is 1.92 bits per heavy atom. The van der Waals surface area contributed by atoms with Crippen LogP contribution in [0.1, 0.15) is 23.6 Å². The molecule has 4 rings (SSSR count). The van der Waals surface area contributed by atoms with E-state index in [4.69, 9.17) is 5.26 Å². The van der Waals surface area contributed by atoms with Crippen molar-refractivity contribution < 1.29 is 0 Å². The Balaban J connectivity index is 1.88. The topological polar surface area (TPSA) is 30.3 Å². The van der Waals surface area contributed by atoms with E-state index in [-0.39, 0.29) is 6.17 Å². The molecule has 1 aliphatic rings. The van der Waals surface area contributed by atoms with Crippen LogP contribution in [0.25, 0.3) is 0 Å². The lowest BCUT2D eigenvalue weighted by Crippen LogP contribution is -2.36. The summed E-state index contributed by atoms with van der Waals surface area (Å²) in [5, 5.41) is 9.08. The number of fused-ring (bicyclic) bond motifs is 1. The molecule has 0 amide bonds. The van der Waals surface area contributed by atoms with Gasteiger partial charge in [0.2, 0.25) is 0 Å². The first kappa shape index (κ1) is 16.2. The van der Waals surface area contributed by atoms with Gasteiger partial charge < -0.3 is 9.80 Å². The summed E-state index contributed by atoms with van der Waals surface area (Å²) in [6, 6.07) is 25.0. The summed E-state index contributed by atoms with van der Waals surface area (Å²) in [5.74, 6) is 0. The van der Waals surface area contributed by atoms with Gasteiger partial charge in [-0.2, -0.15) is 5.26 Å². The first-order valence-electron chi connectivity index (χ1n) is 8.85. The number of anilines is 4. The van der Waals surface area contributed by atoms with Crippen LogP contribution in [0, 0.1) is 25.2 Å². The van der Waals surface area contributed by atoms with Gasteiger partial charge in [0.25, 0.3) is 0 Å². The van der Waals surface area contributed by atoms with Gasteiger partial charge in [0.15, 0.2) is 0 Å². The van der Waals surface area contributed by atoms with Gasteiger partial charge in [-0.3, -0.25) is 0 Å². The van der Waals surface area contributed by atoms with Crippen LogP contribution in [0.3, 0.4) is 0 Å². The van der Waals surface area contributed by atoms with Crippen LogP contribution in [0.15, 0.2) is 66.7 Å². The molecule has 1 heterocycles. The van der Waals surface area contributed by atoms with Crippen molar-refractivity contribution in [3.05, 3.63) is 83.4 Å². The monoisotopic (exact) mass is 339 g/mol. The molecule has 0 saturated carbocycles.